The van der Waals surface area contributed by atoms with E-state index >= 15 is 0 Å². The molecule has 1 N–H and O–H groups in total. The van der Waals surface area contributed by atoms with E-state index in [9.17, 15) is 18.0 Å². The van der Waals surface area contributed by atoms with Gasteiger partial charge in [0, 0.05) is 37.0 Å². The van der Waals surface area contributed by atoms with Crippen LogP contribution >= 0.6 is 0 Å². The van der Waals surface area contributed by atoms with Crippen LogP contribution in [0.25, 0.3) is 11.4 Å². The SMILES string of the molecule is Cc1cnc(-c2cc(Oc3ccc(S(=O)(=O)C4CC4)cc3)cc(C(=O)N(C)C)c2)[nH]c1=O. The summed E-state index contributed by atoms with van der Waals surface area (Å²) in [5.41, 5.74) is 1.08. The van der Waals surface area contributed by atoms with E-state index < -0.39 is 9.84 Å². The molecule has 4 rings (SSSR count). The highest BCUT2D eigenvalue weighted by Gasteiger charge is 2.36. The molecule has 32 heavy (non-hydrogen) atoms. The van der Waals surface area contributed by atoms with Gasteiger partial charge in [-0.15, -0.1) is 0 Å². The Labute approximate surface area is 185 Å². The molecule has 0 spiro atoms. The fraction of sp³-hybridized carbons (Fsp3) is 0.261. The van der Waals surface area contributed by atoms with Gasteiger partial charge in [0.2, 0.25) is 0 Å². The van der Waals surface area contributed by atoms with Gasteiger partial charge in [0.1, 0.15) is 17.3 Å². The summed E-state index contributed by atoms with van der Waals surface area (Å²) in [7, 11) is -0.00209. The molecule has 0 aliphatic heterocycles. The zero-order valence-electron chi connectivity index (χ0n) is 18.0. The number of nitrogens with one attached hydrogen (secondary N) is 1. The number of benzene rings is 2. The quantitative estimate of drug-likeness (QED) is 0.614. The smallest absolute Gasteiger partial charge is 0.254 e. The van der Waals surface area contributed by atoms with Crippen molar-refractivity contribution in [2.45, 2.75) is 29.9 Å². The summed E-state index contributed by atoms with van der Waals surface area (Å²) in [4.78, 5) is 33.3. The number of aromatic amines is 1. The molecule has 1 saturated carbocycles. The zero-order chi connectivity index (χ0) is 23.0. The van der Waals surface area contributed by atoms with Gasteiger partial charge in [-0.05, 0) is 62.2 Å². The third-order valence-electron chi connectivity index (χ3n) is 5.16. The topological polar surface area (TPSA) is 109 Å². The van der Waals surface area contributed by atoms with Gasteiger partial charge in [0.05, 0.1) is 10.1 Å². The van der Waals surface area contributed by atoms with E-state index in [2.05, 4.69) is 9.97 Å². The number of hydrogen-bond donors (Lipinski definition) is 1. The minimum Gasteiger partial charge on any atom is -0.457 e. The average Bonchev–Trinajstić information content (AvgIpc) is 3.61. The Morgan fingerprint density at radius 3 is 2.38 bits per heavy atom. The number of sulfone groups is 1. The maximum atomic E-state index is 12.6. The maximum Gasteiger partial charge on any atom is 0.254 e. The molecule has 0 radical (unpaired) electrons. The second kappa shape index (κ2) is 8.23. The van der Waals surface area contributed by atoms with E-state index in [4.69, 9.17) is 4.74 Å². The molecule has 166 valence electrons. The largest absolute Gasteiger partial charge is 0.457 e. The summed E-state index contributed by atoms with van der Waals surface area (Å²) < 4.78 is 30.7. The summed E-state index contributed by atoms with van der Waals surface area (Å²) in [6.45, 7) is 1.66. The predicted octanol–water partition coefficient (Wildman–Crippen LogP) is 3.18. The van der Waals surface area contributed by atoms with Gasteiger partial charge in [0.15, 0.2) is 9.84 Å². The molecule has 1 amide bonds. The highest BCUT2D eigenvalue weighted by atomic mass is 32.2. The average molecular weight is 454 g/mol. The van der Waals surface area contributed by atoms with Crippen LogP contribution in [0.4, 0.5) is 0 Å². The Hall–Kier alpha value is -3.46. The second-order valence-electron chi connectivity index (χ2n) is 8.01. The fourth-order valence-corrected chi connectivity index (χ4v) is 4.84. The number of aryl methyl sites for hydroxylation is 1. The fourth-order valence-electron chi connectivity index (χ4n) is 3.19. The molecular formula is C23H23N3O5S. The van der Waals surface area contributed by atoms with Gasteiger partial charge in [-0.3, -0.25) is 9.59 Å². The van der Waals surface area contributed by atoms with Crippen molar-refractivity contribution < 1.29 is 17.9 Å². The van der Waals surface area contributed by atoms with Crippen LogP contribution in [0.1, 0.15) is 28.8 Å². The standard InChI is InChI=1S/C23H23N3O5S/c1-14-13-24-21(25-22(14)27)15-10-16(23(28)26(2)3)12-18(11-15)31-17-4-6-19(7-5-17)32(29,30)20-8-9-20/h4-7,10-13,20H,8-9H2,1-3H3,(H,24,25,27). The molecule has 0 saturated heterocycles. The number of ether oxygens (including phenoxy) is 1. The van der Waals surface area contributed by atoms with Crippen molar-refractivity contribution in [3.8, 4) is 22.9 Å². The summed E-state index contributed by atoms with van der Waals surface area (Å²) in [5, 5.41) is -0.283. The van der Waals surface area contributed by atoms with Crippen molar-refractivity contribution >= 4 is 15.7 Å². The number of carbonyl (C=O) groups excluding carboxylic acids is 1. The van der Waals surface area contributed by atoms with E-state index in [-0.39, 0.29) is 21.6 Å². The van der Waals surface area contributed by atoms with Crippen LogP contribution in [-0.2, 0) is 9.84 Å². The third kappa shape index (κ3) is 4.43. The van der Waals surface area contributed by atoms with Gasteiger partial charge in [-0.1, -0.05) is 0 Å². The van der Waals surface area contributed by atoms with Crippen molar-refractivity contribution in [3.05, 3.63) is 70.1 Å². The molecule has 9 heteroatoms. The molecule has 0 atom stereocenters. The normalized spacial score (nSPS) is 13.6. The Morgan fingerprint density at radius 2 is 1.78 bits per heavy atom. The Morgan fingerprint density at radius 1 is 1.09 bits per heavy atom. The Kier molecular flexibility index (Phi) is 5.60. The lowest BCUT2D eigenvalue weighted by Gasteiger charge is -2.14. The van der Waals surface area contributed by atoms with Crippen LogP contribution < -0.4 is 10.3 Å². The molecule has 0 unspecified atom stereocenters. The van der Waals surface area contributed by atoms with Crippen molar-refractivity contribution in [2.75, 3.05) is 14.1 Å². The van der Waals surface area contributed by atoms with Crippen LogP contribution in [0.2, 0.25) is 0 Å². The van der Waals surface area contributed by atoms with Crippen molar-refractivity contribution in [2.24, 2.45) is 0 Å². The first-order valence-corrected chi connectivity index (χ1v) is 11.6. The number of rotatable bonds is 6. The van der Waals surface area contributed by atoms with Gasteiger partial charge in [-0.25, -0.2) is 13.4 Å². The van der Waals surface area contributed by atoms with E-state index in [0.717, 1.165) is 0 Å². The van der Waals surface area contributed by atoms with Gasteiger partial charge in [0.25, 0.3) is 11.5 Å². The molecule has 1 fully saturated rings. The number of nitrogens with zero attached hydrogens (tertiary/aromatic N) is 2. The molecule has 0 bridgehead atoms. The molecule has 3 aromatic rings. The Bertz CT molecular complexity index is 1340. The summed E-state index contributed by atoms with van der Waals surface area (Å²) in [5.74, 6) is 0.848. The molecule has 2 aromatic carbocycles. The first-order valence-electron chi connectivity index (χ1n) is 10.1. The van der Waals surface area contributed by atoms with E-state index in [0.29, 0.717) is 46.9 Å². The molecule has 8 nitrogen and oxygen atoms in total. The number of carbonyl (C=O) groups is 1. The predicted molar refractivity (Wildman–Crippen MR) is 120 cm³/mol. The monoisotopic (exact) mass is 453 g/mol. The van der Waals surface area contributed by atoms with Gasteiger partial charge >= 0.3 is 0 Å². The van der Waals surface area contributed by atoms with Crippen LogP contribution in [0.15, 0.2) is 58.4 Å². The molecular weight excluding hydrogens is 430 g/mol. The molecule has 1 aliphatic carbocycles. The zero-order valence-corrected chi connectivity index (χ0v) is 18.8. The number of amides is 1. The summed E-state index contributed by atoms with van der Waals surface area (Å²) in [6.07, 6.45) is 2.87. The van der Waals surface area contributed by atoms with Gasteiger partial charge < -0.3 is 14.6 Å². The number of H-pyrrole nitrogens is 1. The highest BCUT2D eigenvalue weighted by Crippen LogP contribution is 2.35. The molecule has 1 aliphatic rings. The highest BCUT2D eigenvalue weighted by molar-refractivity contribution is 7.92. The lowest BCUT2D eigenvalue weighted by atomic mass is 10.1. The van der Waals surface area contributed by atoms with Crippen LogP contribution in [0.5, 0.6) is 11.5 Å². The summed E-state index contributed by atoms with van der Waals surface area (Å²) in [6, 6.07) is 11.1. The third-order valence-corrected chi connectivity index (χ3v) is 7.44. The van der Waals surface area contributed by atoms with E-state index in [1.165, 1.54) is 23.2 Å². The van der Waals surface area contributed by atoms with Crippen LogP contribution in [0, 0.1) is 6.92 Å². The molecule has 1 aromatic heterocycles. The van der Waals surface area contributed by atoms with Crippen LogP contribution in [0.3, 0.4) is 0 Å². The van der Waals surface area contributed by atoms with E-state index in [1.54, 1.807) is 51.4 Å². The lowest BCUT2D eigenvalue weighted by molar-refractivity contribution is 0.0827. The molecule has 1 heterocycles. The minimum absolute atomic E-state index is 0.239. The van der Waals surface area contributed by atoms with Crippen LogP contribution in [-0.4, -0.2) is 48.5 Å². The van der Waals surface area contributed by atoms with Crippen molar-refractivity contribution in [1.82, 2.24) is 14.9 Å². The maximum absolute atomic E-state index is 12.6. The first-order chi connectivity index (χ1) is 15.1. The van der Waals surface area contributed by atoms with Crippen molar-refractivity contribution in [3.63, 3.8) is 0 Å². The summed E-state index contributed by atoms with van der Waals surface area (Å²) >= 11 is 0. The second-order valence-corrected chi connectivity index (χ2v) is 10.2. The van der Waals surface area contributed by atoms with E-state index in [1.807, 2.05) is 0 Å². The number of aromatic nitrogens is 2. The van der Waals surface area contributed by atoms with Crippen molar-refractivity contribution in [1.29, 1.82) is 0 Å². The number of hydrogen-bond acceptors (Lipinski definition) is 6. The lowest BCUT2D eigenvalue weighted by Crippen LogP contribution is -2.21. The minimum atomic E-state index is -3.28. The van der Waals surface area contributed by atoms with Gasteiger partial charge in [-0.2, -0.15) is 0 Å². The Balaban J connectivity index is 1.69. The first kappa shape index (κ1) is 21.8.